The predicted octanol–water partition coefficient (Wildman–Crippen LogP) is 1.60. The average Bonchev–Trinajstić information content (AvgIpc) is 2.78. The minimum atomic E-state index is 0.404. The molecule has 2 heterocycles. The van der Waals surface area contributed by atoms with E-state index in [1.165, 1.54) is 12.8 Å². The highest BCUT2D eigenvalue weighted by atomic mass is 32.1. The van der Waals surface area contributed by atoms with Gasteiger partial charge >= 0.3 is 0 Å². The first-order chi connectivity index (χ1) is 8.31. The molecule has 96 valence electrons. The summed E-state index contributed by atoms with van der Waals surface area (Å²) >= 11 is 1.66. The molecule has 0 aliphatic carbocycles. The van der Waals surface area contributed by atoms with Crippen LogP contribution in [0.25, 0.3) is 0 Å². The topological polar surface area (TPSA) is 51.4 Å². The molecule has 1 fully saturated rings. The first kappa shape index (κ1) is 13.0. The van der Waals surface area contributed by atoms with Crippen LogP contribution in [0.3, 0.4) is 0 Å². The van der Waals surface area contributed by atoms with Crippen molar-refractivity contribution in [1.29, 1.82) is 0 Å². The molecule has 5 heteroatoms. The summed E-state index contributed by atoms with van der Waals surface area (Å²) in [6.45, 7) is 6.54. The zero-order valence-corrected chi connectivity index (χ0v) is 11.2. The Hall–Kier alpha value is -0.490. The van der Waals surface area contributed by atoms with E-state index in [0.29, 0.717) is 12.6 Å². The fourth-order valence-corrected chi connectivity index (χ4v) is 2.94. The van der Waals surface area contributed by atoms with Gasteiger partial charge < -0.3 is 10.5 Å². The number of nitrogens with zero attached hydrogens (tertiary/aromatic N) is 2. The molecule has 0 saturated carbocycles. The van der Waals surface area contributed by atoms with E-state index in [-0.39, 0.29) is 0 Å². The summed E-state index contributed by atoms with van der Waals surface area (Å²) in [5.74, 6) is 0. The lowest BCUT2D eigenvalue weighted by Gasteiger charge is -2.31. The van der Waals surface area contributed by atoms with Crippen LogP contribution in [0.4, 0.5) is 0 Å². The Labute approximate surface area is 107 Å². The van der Waals surface area contributed by atoms with E-state index in [4.69, 9.17) is 10.5 Å². The third-order valence-electron chi connectivity index (χ3n) is 3.02. The van der Waals surface area contributed by atoms with Gasteiger partial charge in [0, 0.05) is 31.6 Å². The summed E-state index contributed by atoms with van der Waals surface area (Å²) < 4.78 is 5.70. The monoisotopic (exact) mass is 255 g/mol. The van der Waals surface area contributed by atoms with Crippen molar-refractivity contribution in [3.63, 3.8) is 0 Å². The fraction of sp³-hybridized carbons (Fsp3) is 0.750. The van der Waals surface area contributed by atoms with Crippen LogP contribution in [0.15, 0.2) is 5.38 Å². The van der Waals surface area contributed by atoms with Gasteiger partial charge in [-0.25, -0.2) is 4.98 Å². The minimum Gasteiger partial charge on any atom is -0.377 e. The van der Waals surface area contributed by atoms with Crippen LogP contribution in [0.1, 0.15) is 30.5 Å². The van der Waals surface area contributed by atoms with Gasteiger partial charge in [-0.1, -0.05) is 0 Å². The number of hydrogen-bond donors (Lipinski definition) is 1. The zero-order chi connectivity index (χ0) is 12.1. The average molecular weight is 255 g/mol. The second kappa shape index (κ2) is 6.44. The first-order valence-corrected chi connectivity index (χ1v) is 7.17. The van der Waals surface area contributed by atoms with Crippen LogP contribution in [-0.4, -0.2) is 35.7 Å². The lowest BCUT2D eigenvalue weighted by Crippen LogP contribution is -2.39. The van der Waals surface area contributed by atoms with Crippen LogP contribution in [0.2, 0.25) is 0 Å². The fourth-order valence-electron chi connectivity index (χ4n) is 2.27. The normalized spacial score (nSPS) is 21.9. The van der Waals surface area contributed by atoms with Crippen molar-refractivity contribution in [3.05, 3.63) is 16.1 Å². The smallest absolute Gasteiger partial charge is 0.106 e. The molecule has 4 nitrogen and oxygen atoms in total. The first-order valence-electron chi connectivity index (χ1n) is 6.29. The van der Waals surface area contributed by atoms with Crippen molar-refractivity contribution in [3.8, 4) is 0 Å². The molecule has 0 spiro atoms. The molecule has 2 rings (SSSR count). The van der Waals surface area contributed by atoms with Gasteiger partial charge in [-0.05, 0) is 26.3 Å². The van der Waals surface area contributed by atoms with Gasteiger partial charge in [0.25, 0.3) is 0 Å². The molecule has 1 saturated heterocycles. The molecule has 1 atom stereocenters. The summed E-state index contributed by atoms with van der Waals surface area (Å²) in [7, 11) is 0. The molecule has 0 amide bonds. The molecule has 1 aromatic rings. The maximum atomic E-state index is 5.70. The Morgan fingerprint density at radius 1 is 1.65 bits per heavy atom. The SMILES string of the molecule is CCOC1CCCN(Cc2csc(CN)n2)C1. The largest absolute Gasteiger partial charge is 0.377 e. The summed E-state index contributed by atoms with van der Waals surface area (Å²) in [5.41, 5.74) is 6.72. The second-order valence-corrected chi connectivity index (χ2v) is 5.33. The molecule has 17 heavy (non-hydrogen) atoms. The van der Waals surface area contributed by atoms with Crippen LogP contribution in [0.5, 0.6) is 0 Å². The van der Waals surface area contributed by atoms with E-state index in [2.05, 4.69) is 22.2 Å². The molecular formula is C12H21N3OS. The van der Waals surface area contributed by atoms with Gasteiger partial charge in [-0.3, -0.25) is 4.90 Å². The van der Waals surface area contributed by atoms with Crippen LogP contribution >= 0.6 is 11.3 Å². The van der Waals surface area contributed by atoms with Crippen LogP contribution in [0, 0.1) is 0 Å². The minimum absolute atomic E-state index is 0.404. The van der Waals surface area contributed by atoms with E-state index in [1.54, 1.807) is 11.3 Å². The molecule has 1 aliphatic rings. The van der Waals surface area contributed by atoms with Crippen molar-refractivity contribution < 1.29 is 4.74 Å². The van der Waals surface area contributed by atoms with Gasteiger partial charge in [0.1, 0.15) is 5.01 Å². The molecule has 1 aromatic heterocycles. The standard InChI is InChI=1S/C12H21N3OS/c1-2-16-11-4-3-5-15(8-11)7-10-9-17-12(6-13)14-10/h9,11H,2-8,13H2,1H3. The van der Waals surface area contributed by atoms with Crippen molar-refractivity contribution in [1.82, 2.24) is 9.88 Å². The second-order valence-electron chi connectivity index (χ2n) is 4.39. The van der Waals surface area contributed by atoms with Gasteiger partial charge in [0.2, 0.25) is 0 Å². The number of thiazole rings is 1. The van der Waals surface area contributed by atoms with Gasteiger partial charge in [-0.2, -0.15) is 0 Å². The Morgan fingerprint density at radius 2 is 2.53 bits per heavy atom. The molecule has 0 radical (unpaired) electrons. The van der Waals surface area contributed by atoms with Gasteiger partial charge in [-0.15, -0.1) is 11.3 Å². The summed E-state index contributed by atoms with van der Waals surface area (Å²) in [5, 5.41) is 3.14. The quantitative estimate of drug-likeness (QED) is 0.868. The number of nitrogens with two attached hydrogens (primary N) is 1. The van der Waals surface area contributed by atoms with Crippen molar-refractivity contribution in [2.24, 2.45) is 5.73 Å². The van der Waals surface area contributed by atoms with Crippen molar-refractivity contribution in [2.75, 3.05) is 19.7 Å². The summed E-state index contributed by atoms with van der Waals surface area (Å²) in [4.78, 5) is 6.93. The summed E-state index contributed by atoms with van der Waals surface area (Å²) in [6, 6.07) is 0. The Morgan fingerprint density at radius 3 is 3.24 bits per heavy atom. The lowest BCUT2D eigenvalue weighted by molar-refractivity contribution is 0.00335. The molecule has 0 aromatic carbocycles. The van der Waals surface area contributed by atoms with Crippen molar-refractivity contribution in [2.45, 2.75) is 39.0 Å². The van der Waals surface area contributed by atoms with Crippen molar-refractivity contribution >= 4 is 11.3 Å². The molecule has 0 bridgehead atoms. The number of piperidine rings is 1. The Balaban J connectivity index is 1.85. The number of hydrogen-bond acceptors (Lipinski definition) is 5. The maximum Gasteiger partial charge on any atom is 0.106 e. The van der Waals surface area contributed by atoms with Gasteiger partial charge in [0.05, 0.1) is 11.8 Å². The third kappa shape index (κ3) is 3.74. The Kier molecular flexibility index (Phi) is 4.91. The zero-order valence-electron chi connectivity index (χ0n) is 10.4. The Bertz CT molecular complexity index is 340. The third-order valence-corrected chi connectivity index (χ3v) is 3.94. The molecule has 2 N–H and O–H groups in total. The van der Waals surface area contributed by atoms with E-state index in [1.807, 2.05) is 0 Å². The number of likely N-dealkylation sites (tertiary alicyclic amines) is 1. The van der Waals surface area contributed by atoms with Gasteiger partial charge in [0.15, 0.2) is 0 Å². The van der Waals surface area contributed by atoms with E-state index < -0.39 is 0 Å². The number of rotatable bonds is 5. The predicted molar refractivity (Wildman–Crippen MR) is 69.9 cm³/mol. The summed E-state index contributed by atoms with van der Waals surface area (Å²) in [6.07, 6.45) is 2.81. The lowest BCUT2D eigenvalue weighted by atomic mass is 10.1. The van der Waals surface area contributed by atoms with Crippen LogP contribution < -0.4 is 5.73 Å². The van der Waals surface area contributed by atoms with E-state index >= 15 is 0 Å². The maximum absolute atomic E-state index is 5.70. The van der Waals surface area contributed by atoms with Crippen LogP contribution in [-0.2, 0) is 17.8 Å². The van der Waals surface area contributed by atoms with E-state index in [9.17, 15) is 0 Å². The molecule has 1 aliphatic heterocycles. The van der Waals surface area contributed by atoms with E-state index in [0.717, 1.165) is 36.9 Å². The highest BCUT2D eigenvalue weighted by Gasteiger charge is 2.20. The number of aromatic nitrogens is 1. The highest BCUT2D eigenvalue weighted by Crippen LogP contribution is 2.17. The molecule has 1 unspecified atom stereocenters. The molecular weight excluding hydrogens is 234 g/mol. The highest BCUT2D eigenvalue weighted by molar-refractivity contribution is 7.09. The number of ether oxygens (including phenoxy) is 1.